The van der Waals surface area contributed by atoms with E-state index >= 15 is 0 Å². The first-order valence-corrected chi connectivity index (χ1v) is 9.10. The molecular formula is C21H24N2O. The molecule has 24 heavy (non-hydrogen) atoms. The maximum absolute atomic E-state index is 13.1. The van der Waals surface area contributed by atoms with E-state index in [0.717, 1.165) is 23.4 Å². The molecule has 1 amide bonds. The van der Waals surface area contributed by atoms with E-state index in [1.807, 2.05) is 12.1 Å². The highest BCUT2D eigenvalue weighted by molar-refractivity contribution is 6.11. The van der Waals surface area contributed by atoms with Gasteiger partial charge in [0.25, 0.3) is 5.91 Å². The molecule has 0 spiro atoms. The first-order valence-electron chi connectivity index (χ1n) is 9.10. The Balaban J connectivity index is 1.72. The molecule has 4 aliphatic rings. The highest BCUT2D eigenvalue weighted by Crippen LogP contribution is 2.63. The van der Waals surface area contributed by atoms with Crippen molar-refractivity contribution in [3.63, 3.8) is 0 Å². The predicted molar refractivity (Wildman–Crippen MR) is 95.4 cm³/mol. The van der Waals surface area contributed by atoms with Gasteiger partial charge in [-0.05, 0) is 47.6 Å². The van der Waals surface area contributed by atoms with Crippen LogP contribution in [0, 0.1) is 22.7 Å². The highest BCUT2D eigenvalue weighted by atomic mass is 16.1. The van der Waals surface area contributed by atoms with Crippen LogP contribution in [0.25, 0.3) is 6.08 Å². The molecule has 0 aromatic heterocycles. The number of hydrogen-bond acceptors (Lipinski definition) is 2. The molecular weight excluding hydrogens is 296 g/mol. The van der Waals surface area contributed by atoms with Crippen molar-refractivity contribution in [2.24, 2.45) is 27.7 Å². The summed E-state index contributed by atoms with van der Waals surface area (Å²) in [7, 11) is 0. The molecule has 3 heteroatoms. The van der Waals surface area contributed by atoms with Gasteiger partial charge >= 0.3 is 0 Å². The molecule has 0 N–H and O–H groups in total. The van der Waals surface area contributed by atoms with Crippen LogP contribution in [-0.4, -0.2) is 22.7 Å². The van der Waals surface area contributed by atoms with Crippen LogP contribution in [0.15, 0.2) is 35.5 Å². The molecule has 4 unspecified atom stereocenters. The van der Waals surface area contributed by atoms with Crippen molar-refractivity contribution >= 4 is 17.8 Å². The fraction of sp³-hybridized carbons (Fsp3) is 0.524. The fourth-order valence-electron chi connectivity index (χ4n) is 5.93. The highest BCUT2D eigenvalue weighted by Gasteiger charge is 2.63. The minimum atomic E-state index is 0.0184. The van der Waals surface area contributed by atoms with Gasteiger partial charge in [-0.15, -0.1) is 0 Å². The monoisotopic (exact) mass is 320 g/mol. The fourth-order valence-corrected chi connectivity index (χ4v) is 5.93. The van der Waals surface area contributed by atoms with Crippen LogP contribution in [0.3, 0.4) is 0 Å². The number of benzene rings is 1. The van der Waals surface area contributed by atoms with E-state index in [4.69, 9.17) is 0 Å². The summed E-state index contributed by atoms with van der Waals surface area (Å²) >= 11 is 0. The Morgan fingerprint density at radius 1 is 1.21 bits per heavy atom. The van der Waals surface area contributed by atoms with E-state index in [2.05, 4.69) is 55.1 Å². The average molecular weight is 320 g/mol. The average Bonchev–Trinajstić information content (AvgIpc) is 2.93. The molecule has 2 fully saturated rings. The second kappa shape index (κ2) is 4.38. The van der Waals surface area contributed by atoms with Gasteiger partial charge in [0.1, 0.15) is 5.84 Å². The Morgan fingerprint density at radius 3 is 2.83 bits per heavy atom. The molecule has 2 bridgehead atoms. The molecule has 0 radical (unpaired) electrons. The maximum Gasteiger partial charge on any atom is 0.253 e. The van der Waals surface area contributed by atoms with Gasteiger partial charge in [-0.2, -0.15) is 4.99 Å². The third-order valence-corrected chi connectivity index (χ3v) is 7.30. The van der Waals surface area contributed by atoms with E-state index in [1.165, 1.54) is 12.8 Å². The third-order valence-electron chi connectivity index (χ3n) is 7.30. The minimum Gasteiger partial charge on any atom is -0.328 e. The van der Waals surface area contributed by atoms with Gasteiger partial charge in [-0.1, -0.05) is 45.0 Å². The zero-order valence-corrected chi connectivity index (χ0v) is 14.6. The summed E-state index contributed by atoms with van der Waals surface area (Å²) in [6, 6.07) is 8.47. The number of amidine groups is 1. The number of hydrogen-bond donors (Lipinski definition) is 0. The number of carbonyl (C=O) groups is 1. The Morgan fingerprint density at radius 2 is 2.00 bits per heavy atom. The second-order valence-corrected chi connectivity index (χ2v) is 8.92. The summed E-state index contributed by atoms with van der Waals surface area (Å²) in [5, 5.41) is 0. The molecule has 2 aliphatic heterocycles. The van der Waals surface area contributed by atoms with Crippen LogP contribution in [0.4, 0.5) is 0 Å². The van der Waals surface area contributed by atoms with Crippen LogP contribution in [0.5, 0.6) is 0 Å². The van der Waals surface area contributed by atoms with Gasteiger partial charge in [-0.25, -0.2) is 0 Å². The number of rotatable bonds is 0. The lowest BCUT2D eigenvalue weighted by molar-refractivity contribution is -0.136. The van der Waals surface area contributed by atoms with Crippen LogP contribution in [0.1, 0.15) is 51.2 Å². The van der Waals surface area contributed by atoms with Crippen molar-refractivity contribution in [3.8, 4) is 0 Å². The molecule has 3 nitrogen and oxygen atoms in total. The van der Waals surface area contributed by atoms with Crippen molar-refractivity contribution in [3.05, 3.63) is 41.6 Å². The van der Waals surface area contributed by atoms with E-state index in [0.29, 0.717) is 5.92 Å². The summed E-state index contributed by atoms with van der Waals surface area (Å²) in [4.78, 5) is 20.1. The van der Waals surface area contributed by atoms with Crippen molar-refractivity contribution < 1.29 is 4.79 Å². The minimum absolute atomic E-state index is 0.0184. The van der Waals surface area contributed by atoms with Gasteiger partial charge in [0, 0.05) is 11.8 Å². The standard InChI is InChI=1S/C21H24N2O/c1-20(2)14-8-10-21(3,12-14)16-17(20)23-11-9-13-6-4-5-7-15(13)18(23)22-19(16)24/h4-7,9,11,14,16-17H,8,10,12H2,1-3H3. The third kappa shape index (κ3) is 1.63. The van der Waals surface area contributed by atoms with Crippen molar-refractivity contribution in [2.45, 2.75) is 46.1 Å². The number of nitrogens with zero attached hydrogens (tertiary/aromatic N) is 2. The van der Waals surface area contributed by atoms with E-state index < -0.39 is 0 Å². The number of amides is 1. The lowest BCUT2D eigenvalue weighted by Gasteiger charge is -2.57. The summed E-state index contributed by atoms with van der Waals surface area (Å²) in [5.74, 6) is 1.68. The Bertz CT molecular complexity index is 806. The van der Waals surface area contributed by atoms with E-state index in [1.54, 1.807) is 0 Å². The topological polar surface area (TPSA) is 32.7 Å². The van der Waals surface area contributed by atoms with Crippen LogP contribution in [-0.2, 0) is 4.79 Å². The second-order valence-electron chi connectivity index (χ2n) is 8.92. The van der Waals surface area contributed by atoms with Crippen LogP contribution < -0.4 is 0 Å². The Kier molecular flexibility index (Phi) is 2.64. The SMILES string of the molecule is CC12CCC(C1)C(C)(C)C1C2C(=O)N=C2c3ccccc3C=CN21. The molecule has 4 atom stereocenters. The van der Waals surface area contributed by atoms with Crippen LogP contribution in [0.2, 0.25) is 0 Å². The largest absolute Gasteiger partial charge is 0.328 e. The van der Waals surface area contributed by atoms with Crippen LogP contribution >= 0.6 is 0 Å². The molecule has 1 aromatic rings. The number of fused-ring (bicyclic) bond motifs is 8. The number of aliphatic imine (C=N–C) groups is 1. The summed E-state index contributed by atoms with van der Waals surface area (Å²) in [6.07, 6.45) is 7.92. The van der Waals surface area contributed by atoms with Crippen molar-refractivity contribution in [1.29, 1.82) is 0 Å². The van der Waals surface area contributed by atoms with Gasteiger partial charge in [0.2, 0.25) is 0 Å². The molecule has 2 saturated carbocycles. The zero-order valence-electron chi connectivity index (χ0n) is 14.6. The molecule has 5 rings (SSSR count). The lowest BCUT2D eigenvalue weighted by Crippen LogP contribution is -2.63. The first-order chi connectivity index (χ1) is 11.4. The summed E-state index contributed by atoms with van der Waals surface area (Å²) < 4.78 is 0. The lowest BCUT2D eigenvalue weighted by atomic mass is 9.55. The Hall–Kier alpha value is -1.90. The van der Waals surface area contributed by atoms with Gasteiger partial charge < -0.3 is 4.90 Å². The van der Waals surface area contributed by atoms with E-state index in [-0.39, 0.29) is 28.7 Å². The molecule has 1 aromatic carbocycles. The maximum atomic E-state index is 13.1. The van der Waals surface area contributed by atoms with Gasteiger partial charge in [0.05, 0.1) is 12.0 Å². The van der Waals surface area contributed by atoms with Crippen molar-refractivity contribution in [1.82, 2.24) is 4.90 Å². The molecule has 0 saturated heterocycles. The smallest absolute Gasteiger partial charge is 0.253 e. The summed E-state index contributed by atoms with van der Waals surface area (Å²) in [5.41, 5.74) is 2.47. The molecule has 124 valence electrons. The predicted octanol–water partition coefficient (Wildman–Crippen LogP) is 4.09. The quantitative estimate of drug-likeness (QED) is 0.721. The van der Waals surface area contributed by atoms with Crippen molar-refractivity contribution in [2.75, 3.05) is 0 Å². The van der Waals surface area contributed by atoms with E-state index in [9.17, 15) is 4.79 Å². The molecule has 2 aliphatic carbocycles. The number of carbonyl (C=O) groups excluding carboxylic acids is 1. The normalized spacial score (nSPS) is 38.3. The Labute approximate surface area is 143 Å². The van der Waals surface area contributed by atoms with Gasteiger partial charge in [-0.3, -0.25) is 4.79 Å². The molecule has 2 heterocycles. The van der Waals surface area contributed by atoms with Gasteiger partial charge in [0.15, 0.2) is 0 Å². The summed E-state index contributed by atoms with van der Waals surface area (Å²) in [6.45, 7) is 7.05. The zero-order chi connectivity index (χ0) is 16.7. The first kappa shape index (κ1) is 14.4.